The van der Waals surface area contributed by atoms with Crippen molar-refractivity contribution in [3.63, 3.8) is 0 Å². The molecule has 29 heavy (non-hydrogen) atoms. The Bertz CT molecular complexity index is 846. The summed E-state index contributed by atoms with van der Waals surface area (Å²) in [5.74, 6) is 0.927. The number of benzene rings is 2. The lowest BCUT2D eigenvalue weighted by Gasteiger charge is -2.20. The molecule has 1 aliphatic heterocycles. The van der Waals surface area contributed by atoms with Crippen LogP contribution in [0.2, 0.25) is 0 Å². The van der Waals surface area contributed by atoms with Crippen molar-refractivity contribution in [2.75, 3.05) is 31.6 Å². The zero-order valence-electron chi connectivity index (χ0n) is 17.1. The molecule has 1 saturated heterocycles. The maximum absolute atomic E-state index is 12.3. The molecule has 0 spiro atoms. The molecule has 1 heterocycles. The summed E-state index contributed by atoms with van der Waals surface area (Å²) in [5, 5.41) is 2.85. The molecule has 154 valence electrons. The Morgan fingerprint density at radius 2 is 1.76 bits per heavy atom. The lowest BCUT2D eigenvalue weighted by atomic mass is 10.1. The maximum atomic E-state index is 12.3. The van der Waals surface area contributed by atoms with E-state index in [-0.39, 0.29) is 12.5 Å². The van der Waals surface area contributed by atoms with Gasteiger partial charge in [-0.05, 0) is 62.1 Å². The van der Waals surface area contributed by atoms with Gasteiger partial charge in [0.15, 0.2) is 18.1 Å². The highest BCUT2D eigenvalue weighted by Crippen LogP contribution is 2.30. The minimum absolute atomic E-state index is 0.0917. The average molecular weight is 413 g/mol. The van der Waals surface area contributed by atoms with Crippen LogP contribution >= 0.6 is 12.2 Å². The van der Waals surface area contributed by atoms with Gasteiger partial charge in [-0.1, -0.05) is 31.3 Å². The van der Waals surface area contributed by atoms with Crippen LogP contribution in [0.1, 0.15) is 37.8 Å². The molecule has 2 aromatic rings. The largest absolute Gasteiger partial charge is 0.490 e. The lowest BCUT2D eigenvalue weighted by Crippen LogP contribution is -2.26. The van der Waals surface area contributed by atoms with E-state index in [0.717, 1.165) is 35.7 Å². The summed E-state index contributed by atoms with van der Waals surface area (Å²) in [4.78, 5) is 15.3. The highest BCUT2D eigenvalue weighted by atomic mass is 32.1. The van der Waals surface area contributed by atoms with Crippen molar-refractivity contribution in [1.82, 2.24) is 4.90 Å². The number of aryl methyl sites for hydroxylation is 1. The third-order valence-electron chi connectivity index (χ3n) is 4.89. The van der Waals surface area contributed by atoms with E-state index in [2.05, 4.69) is 17.1 Å². The Balaban J connectivity index is 1.62. The van der Waals surface area contributed by atoms with Crippen molar-refractivity contribution < 1.29 is 14.3 Å². The van der Waals surface area contributed by atoms with Crippen LogP contribution in [0.3, 0.4) is 0 Å². The van der Waals surface area contributed by atoms with Gasteiger partial charge >= 0.3 is 0 Å². The van der Waals surface area contributed by atoms with Gasteiger partial charge in [0.05, 0.1) is 6.61 Å². The van der Waals surface area contributed by atoms with Crippen LogP contribution in [0.15, 0.2) is 42.5 Å². The molecule has 1 aliphatic rings. The summed E-state index contributed by atoms with van der Waals surface area (Å²) in [7, 11) is 0. The van der Waals surface area contributed by atoms with Crippen molar-refractivity contribution in [2.24, 2.45) is 0 Å². The number of ether oxygens (including phenoxy) is 2. The number of hydrogen-bond donors (Lipinski definition) is 1. The lowest BCUT2D eigenvalue weighted by molar-refractivity contribution is -0.118. The van der Waals surface area contributed by atoms with Gasteiger partial charge in [-0.2, -0.15) is 0 Å². The van der Waals surface area contributed by atoms with Crippen LogP contribution in [-0.2, 0) is 11.2 Å². The summed E-state index contributed by atoms with van der Waals surface area (Å²) in [6.45, 7) is 6.43. The second-order valence-corrected chi connectivity index (χ2v) is 7.37. The van der Waals surface area contributed by atoms with E-state index in [1.54, 1.807) is 0 Å². The van der Waals surface area contributed by atoms with E-state index < -0.39 is 0 Å². The van der Waals surface area contributed by atoms with E-state index in [0.29, 0.717) is 18.1 Å². The fourth-order valence-corrected chi connectivity index (χ4v) is 3.61. The summed E-state index contributed by atoms with van der Waals surface area (Å²) < 4.78 is 11.5. The molecule has 2 aromatic carbocycles. The SMILES string of the molecule is CCOc1cc(C(=S)N2CCCC2)ccc1OCC(=O)Nc1ccc(CC)cc1. The predicted octanol–water partition coefficient (Wildman–Crippen LogP) is 4.44. The van der Waals surface area contributed by atoms with Crippen molar-refractivity contribution in [3.05, 3.63) is 53.6 Å². The average Bonchev–Trinajstić information content (AvgIpc) is 3.28. The zero-order chi connectivity index (χ0) is 20.6. The highest BCUT2D eigenvalue weighted by Gasteiger charge is 2.18. The zero-order valence-corrected chi connectivity index (χ0v) is 17.9. The second kappa shape index (κ2) is 10.3. The third kappa shape index (κ3) is 5.70. The van der Waals surface area contributed by atoms with Crippen LogP contribution < -0.4 is 14.8 Å². The molecule has 0 unspecified atom stereocenters. The first-order valence-electron chi connectivity index (χ1n) is 10.2. The van der Waals surface area contributed by atoms with Gasteiger partial charge in [0, 0.05) is 24.3 Å². The summed E-state index contributed by atoms with van der Waals surface area (Å²) >= 11 is 5.63. The molecule has 0 radical (unpaired) electrons. The van der Waals surface area contributed by atoms with Crippen molar-refractivity contribution in [1.29, 1.82) is 0 Å². The van der Waals surface area contributed by atoms with Crippen LogP contribution in [0, 0.1) is 0 Å². The van der Waals surface area contributed by atoms with E-state index in [1.165, 1.54) is 18.4 Å². The normalized spacial score (nSPS) is 13.2. The monoisotopic (exact) mass is 412 g/mol. The first kappa shape index (κ1) is 21.1. The second-order valence-electron chi connectivity index (χ2n) is 6.98. The number of rotatable bonds is 8. The third-order valence-corrected chi connectivity index (χ3v) is 5.38. The van der Waals surface area contributed by atoms with Gasteiger partial charge in [0.1, 0.15) is 4.99 Å². The molecule has 5 nitrogen and oxygen atoms in total. The van der Waals surface area contributed by atoms with E-state index in [9.17, 15) is 4.79 Å². The highest BCUT2D eigenvalue weighted by molar-refractivity contribution is 7.80. The van der Waals surface area contributed by atoms with Gasteiger partial charge in [-0.15, -0.1) is 0 Å². The molecule has 0 bridgehead atoms. The van der Waals surface area contributed by atoms with E-state index in [4.69, 9.17) is 21.7 Å². The number of anilines is 1. The first-order valence-corrected chi connectivity index (χ1v) is 10.6. The minimum Gasteiger partial charge on any atom is -0.490 e. The maximum Gasteiger partial charge on any atom is 0.262 e. The Kier molecular flexibility index (Phi) is 7.47. The van der Waals surface area contributed by atoms with Gasteiger partial charge in [-0.3, -0.25) is 4.79 Å². The van der Waals surface area contributed by atoms with Crippen LogP contribution in [0.25, 0.3) is 0 Å². The number of nitrogens with one attached hydrogen (secondary N) is 1. The number of hydrogen-bond acceptors (Lipinski definition) is 4. The summed E-state index contributed by atoms with van der Waals surface area (Å²) in [5.41, 5.74) is 2.93. The minimum atomic E-state index is -0.214. The summed E-state index contributed by atoms with van der Waals surface area (Å²) in [6, 6.07) is 13.5. The van der Waals surface area contributed by atoms with Gasteiger partial charge in [-0.25, -0.2) is 0 Å². The number of nitrogens with zero attached hydrogens (tertiary/aromatic N) is 1. The summed E-state index contributed by atoms with van der Waals surface area (Å²) in [6.07, 6.45) is 3.32. The van der Waals surface area contributed by atoms with Gasteiger partial charge < -0.3 is 19.7 Å². The molecule has 3 rings (SSSR count). The van der Waals surface area contributed by atoms with Gasteiger partial charge in [0.2, 0.25) is 0 Å². The van der Waals surface area contributed by atoms with Crippen molar-refractivity contribution >= 4 is 28.8 Å². The number of thiocarbonyl (C=S) groups is 1. The number of amides is 1. The first-order chi connectivity index (χ1) is 14.1. The Morgan fingerprint density at radius 3 is 2.41 bits per heavy atom. The predicted molar refractivity (Wildman–Crippen MR) is 120 cm³/mol. The topological polar surface area (TPSA) is 50.8 Å². The molecule has 1 N–H and O–H groups in total. The molecule has 0 atom stereocenters. The van der Waals surface area contributed by atoms with Crippen molar-refractivity contribution in [2.45, 2.75) is 33.1 Å². The molecule has 0 saturated carbocycles. The molecular weight excluding hydrogens is 384 g/mol. The fraction of sp³-hybridized carbons (Fsp3) is 0.391. The van der Waals surface area contributed by atoms with E-state index in [1.807, 2.05) is 49.4 Å². The van der Waals surface area contributed by atoms with E-state index >= 15 is 0 Å². The van der Waals surface area contributed by atoms with Gasteiger partial charge in [0.25, 0.3) is 5.91 Å². The van der Waals surface area contributed by atoms with Crippen LogP contribution in [0.5, 0.6) is 11.5 Å². The van der Waals surface area contributed by atoms with Crippen molar-refractivity contribution in [3.8, 4) is 11.5 Å². The molecule has 0 aromatic heterocycles. The molecular formula is C23H28N2O3S. The van der Waals surface area contributed by atoms with Crippen LogP contribution in [0.4, 0.5) is 5.69 Å². The smallest absolute Gasteiger partial charge is 0.262 e. The molecule has 1 amide bonds. The Morgan fingerprint density at radius 1 is 1.03 bits per heavy atom. The standard InChI is InChI=1S/C23H28N2O3S/c1-3-17-7-10-19(11-8-17)24-22(26)16-28-20-12-9-18(15-21(20)27-4-2)23(29)25-13-5-6-14-25/h7-12,15H,3-6,13-14,16H2,1-2H3,(H,24,26). The van der Waals surface area contributed by atoms with Crippen LogP contribution in [-0.4, -0.2) is 42.1 Å². The number of likely N-dealkylation sites (tertiary alicyclic amines) is 1. The Hall–Kier alpha value is -2.60. The molecule has 6 heteroatoms. The number of carbonyl (C=O) groups is 1. The molecule has 0 aliphatic carbocycles. The number of carbonyl (C=O) groups excluding carboxylic acids is 1. The fourth-order valence-electron chi connectivity index (χ4n) is 3.30. The molecule has 1 fully saturated rings. The quantitative estimate of drug-likeness (QED) is 0.650. The Labute approximate surface area is 178 Å².